The third-order valence-electron chi connectivity index (χ3n) is 2.02. The molecule has 1 aliphatic carbocycles. The van der Waals surface area contributed by atoms with E-state index in [0.29, 0.717) is 6.61 Å². The SMILES string of the molecule is CSC(=CCOC1C=CC=C1C)SC. The summed E-state index contributed by atoms with van der Waals surface area (Å²) in [6, 6.07) is 0. The van der Waals surface area contributed by atoms with Gasteiger partial charge in [-0.2, -0.15) is 0 Å². The third kappa shape index (κ3) is 3.56. The van der Waals surface area contributed by atoms with Crippen molar-refractivity contribution in [1.29, 1.82) is 0 Å². The van der Waals surface area contributed by atoms with E-state index >= 15 is 0 Å². The number of rotatable bonds is 5. The maximum Gasteiger partial charge on any atom is 0.0974 e. The zero-order chi connectivity index (χ0) is 10.4. The van der Waals surface area contributed by atoms with E-state index in [2.05, 4.69) is 37.7 Å². The van der Waals surface area contributed by atoms with Crippen molar-refractivity contribution >= 4 is 23.5 Å². The van der Waals surface area contributed by atoms with Crippen LogP contribution in [0.4, 0.5) is 0 Å². The van der Waals surface area contributed by atoms with Crippen LogP contribution in [0.3, 0.4) is 0 Å². The largest absolute Gasteiger partial charge is 0.366 e. The van der Waals surface area contributed by atoms with E-state index < -0.39 is 0 Å². The molecule has 0 bridgehead atoms. The summed E-state index contributed by atoms with van der Waals surface area (Å²) in [7, 11) is 0. The van der Waals surface area contributed by atoms with Gasteiger partial charge < -0.3 is 4.74 Å². The van der Waals surface area contributed by atoms with Gasteiger partial charge in [0.05, 0.1) is 12.7 Å². The molecule has 1 aliphatic rings. The van der Waals surface area contributed by atoms with Crippen molar-refractivity contribution in [1.82, 2.24) is 0 Å². The first-order chi connectivity index (χ1) is 6.77. The highest BCUT2D eigenvalue weighted by Crippen LogP contribution is 2.23. The standard InChI is InChI=1S/C11H16OS2/c1-9-5-4-6-10(9)12-8-7-11(13-2)14-3/h4-7,10H,8H2,1-3H3. The number of ether oxygens (including phenoxy) is 1. The molecule has 0 spiro atoms. The Labute approximate surface area is 94.7 Å². The van der Waals surface area contributed by atoms with Gasteiger partial charge in [0, 0.05) is 4.24 Å². The van der Waals surface area contributed by atoms with Gasteiger partial charge in [0.1, 0.15) is 0 Å². The number of thioether (sulfide) groups is 2. The van der Waals surface area contributed by atoms with Crippen LogP contribution in [-0.2, 0) is 4.74 Å². The highest BCUT2D eigenvalue weighted by atomic mass is 32.2. The monoisotopic (exact) mass is 228 g/mol. The van der Waals surface area contributed by atoms with Crippen LogP contribution in [-0.4, -0.2) is 25.2 Å². The predicted molar refractivity (Wildman–Crippen MR) is 67.8 cm³/mol. The second-order valence-corrected chi connectivity index (χ2v) is 4.94. The molecule has 0 saturated heterocycles. The minimum atomic E-state index is 0.191. The van der Waals surface area contributed by atoms with Crippen LogP contribution in [0.25, 0.3) is 0 Å². The average molecular weight is 228 g/mol. The van der Waals surface area contributed by atoms with Gasteiger partial charge in [0.25, 0.3) is 0 Å². The van der Waals surface area contributed by atoms with E-state index in [1.54, 1.807) is 23.5 Å². The zero-order valence-corrected chi connectivity index (χ0v) is 10.5. The summed E-state index contributed by atoms with van der Waals surface area (Å²) in [5.41, 5.74) is 1.29. The molecule has 0 radical (unpaired) electrons. The molecule has 14 heavy (non-hydrogen) atoms. The molecule has 0 aliphatic heterocycles. The van der Waals surface area contributed by atoms with Crippen LogP contribution in [0.5, 0.6) is 0 Å². The number of hydrogen-bond donors (Lipinski definition) is 0. The first-order valence-corrected chi connectivity index (χ1v) is 6.97. The molecule has 0 amide bonds. The fourth-order valence-electron chi connectivity index (χ4n) is 1.21. The van der Waals surface area contributed by atoms with Gasteiger partial charge in [-0.3, -0.25) is 0 Å². The smallest absolute Gasteiger partial charge is 0.0974 e. The molecule has 0 saturated carbocycles. The molecule has 0 aromatic heterocycles. The van der Waals surface area contributed by atoms with Crippen molar-refractivity contribution in [3.63, 3.8) is 0 Å². The molecule has 0 fully saturated rings. The van der Waals surface area contributed by atoms with Crippen molar-refractivity contribution < 1.29 is 4.74 Å². The minimum absolute atomic E-state index is 0.191. The maximum atomic E-state index is 5.69. The van der Waals surface area contributed by atoms with Crippen LogP contribution in [0.15, 0.2) is 34.1 Å². The Morgan fingerprint density at radius 3 is 2.71 bits per heavy atom. The molecule has 0 N–H and O–H groups in total. The van der Waals surface area contributed by atoms with Crippen LogP contribution in [0.2, 0.25) is 0 Å². The normalized spacial score (nSPS) is 19.6. The Balaban J connectivity index is 2.31. The van der Waals surface area contributed by atoms with Gasteiger partial charge in [-0.15, -0.1) is 23.5 Å². The molecule has 0 heterocycles. The summed E-state index contributed by atoms with van der Waals surface area (Å²) in [6.45, 7) is 2.79. The molecule has 78 valence electrons. The summed E-state index contributed by atoms with van der Waals surface area (Å²) < 4.78 is 7.00. The number of allylic oxidation sites excluding steroid dienone is 2. The molecule has 1 atom stereocenters. The molecule has 3 heteroatoms. The summed E-state index contributed by atoms with van der Waals surface area (Å²) >= 11 is 3.53. The average Bonchev–Trinajstić information content (AvgIpc) is 2.59. The van der Waals surface area contributed by atoms with Gasteiger partial charge in [-0.25, -0.2) is 0 Å². The van der Waals surface area contributed by atoms with Crippen LogP contribution >= 0.6 is 23.5 Å². The highest BCUT2D eigenvalue weighted by molar-refractivity contribution is 8.21. The molecule has 0 aromatic carbocycles. The van der Waals surface area contributed by atoms with E-state index in [0.717, 1.165) is 0 Å². The first kappa shape index (κ1) is 12.0. The summed E-state index contributed by atoms with van der Waals surface area (Å²) in [6.07, 6.45) is 12.7. The van der Waals surface area contributed by atoms with Gasteiger partial charge in [0.2, 0.25) is 0 Å². The summed E-state index contributed by atoms with van der Waals surface area (Å²) in [5.74, 6) is 0. The lowest BCUT2D eigenvalue weighted by molar-refractivity contribution is 0.136. The quantitative estimate of drug-likeness (QED) is 0.713. The fourth-order valence-corrected chi connectivity index (χ4v) is 2.35. The van der Waals surface area contributed by atoms with Gasteiger partial charge in [-0.05, 0) is 31.1 Å². The van der Waals surface area contributed by atoms with Crippen molar-refractivity contribution in [2.24, 2.45) is 0 Å². The molecule has 1 nitrogen and oxygen atoms in total. The first-order valence-electron chi connectivity index (χ1n) is 4.52. The predicted octanol–water partition coefficient (Wildman–Crippen LogP) is 3.46. The van der Waals surface area contributed by atoms with Crippen molar-refractivity contribution in [2.75, 3.05) is 19.1 Å². The summed E-state index contributed by atoms with van der Waals surface area (Å²) in [4.78, 5) is 0. The Bertz CT molecular complexity index is 260. The van der Waals surface area contributed by atoms with Crippen molar-refractivity contribution in [3.05, 3.63) is 34.1 Å². The zero-order valence-electron chi connectivity index (χ0n) is 8.82. The highest BCUT2D eigenvalue weighted by Gasteiger charge is 2.09. The molecular formula is C11H16OS2. The minimum Gasteiger partial charge on any atom is -0.366 e. The van der Waals surface area contributed by atoms with E-state index in [1.807, 2.05) is 6.08 Å². The Morgan fingerprint density at radius 1 is 1.50 bits per heavy atom. The van der Waals surface area contributed by atoms with Crippen LogP contribution in [0, 0.1) is 0 Å². The van der Waals surface area contributed by atoms with Gasteiger partial charge >= 0.3 is 0 Å². The topological polar surface area (TPSA) is 9.23 Å². The maximum absolute atomic E-state index is 5.69. The van der Waals surface area contributed by atoms with Gasteiger partial charge in [0.15, 0.2) is 0 Å². The Hall–Kier alpha value is -0.120. The lowest BCUT2D eigenvalue weighted by Gasteiger charge is -2.10. The summed E-state index contributed by atoms with van der Waals surface area (Å²) in [5, 5.41) is 0. The van der Waals surface area contributed by atoms with E-state index in [-0.39, 0.29) is 6.10 Å². The van der Waals surface area contributed by atoms with Crippen LogP contribution in [0.1, 0.15) is 6.92 Å². The second kappa shape index (κ2) is 6.38. The van der Waals surface area contributed by atoms with Crippen molar-refractivity contribution in [2.45, 2.75) is 13.0 Å². The Morgan fingerprint density at radius 2 is 2.21 bits per heavy atom. The van der Waals surface area contributed by atoms with Crippen molar-refractivity contribution in [3.8, 4) is 0 Å². The van der Waals surface area contributed by atoms with Crippen LogP contribution < -0.4 is 0 Å². The fraction of sp³-hybridized carbons (Fsp3) is 0.455. The molecular weight excluding hydrogens is 212 g/mol. The molecule has 1 rings (SSSR count). The molecule has 1 unspecified atom stereocenters. The lowest BCUT2D eigenvalue weighted by Crippen LogP contribution is -2.08. The second-order valence-electron chi connectivity index (χ2n) is 2.98. The number of hydrogen-bond acceptors (Lipinski definition) is 3. The Kier molecular flexibility index (Phi) is 5.45. The molecule has 0 aromatic rings. The van der Waals surface area contributed by atoms with Gasteiger partial charge in [-0.1, -0.05) is 18.2 Å². The van der Waals surface area contributed by atoms with E-state index in [9.17, 15) is 0 Å². The lowest BCUT2D eigenvalue weighted by atomic mass is 10.2. The van der Waals surface area contributed by atoms with E-state index in [1.165, 1.54) is 9.81 Å². The van der Waals surface area contributed by atoms with E-state index in [4.69, 9.17) is 4.74 Å². The third-order valence-corrected chi connectivity index (χ3v) is 4.16.